The van der Waals surface area contributed by atoms with Crippen molar-refractivity contribution >= 4 is 35.2 Å². The van der Waals surface area contributed by atoms with Gasteiger partial charge >= 0.3 is 5.97 Å². The topological polar surface area (TPSA) is 144 Å². The van der Waals surface area contributed by atoms with E-state index in [0.717, 1.165) is 88.6 Å². The van der Waals surface area contributed by atoms with Crippen LogP contribution in [-0.4, -0.2) is 96.7 Å². The summed E-state index contributed by atoms with van der Waals surface area (Å²) < 4.78 is 19.5. The summed E-state index contributed by atoms with van der Waals surface area (Å²) in [5.74, 6) is -0.520. The number of aryl methyl sites for hydroxylation is 1. The number of nitrogens with one attached hydrogen (secondary N) is 2. The van der Waals surface area contributed by atoms with Crippen LogP contribution in [0.3, 0.4) is 0 Å². The van der Waals surface area contributed by atoms with Gasteiger partial charge < -0.3 is 24.1 Å². The minimum absolute atomic E-state index is 0.155. The highest BCUT2D eigenvalue weighted by molar-refractivity contribution is 5.96. The third-order valence-electron chi connectivity index (χ3n) is 12.6. The molecule has 0 spiro atoms. The summed E-state index contributed by atoms with van der Waals surface area (Å²) in [4.78, 5) is 59.9. The summed E-state index contributed by atoms with van der Waals surface area (Å²) >= 11 is 0. The lowest BCUT2D eigenvalue weighted by atomic mass is 9.84. The largest absolute Gasteiger partial charge is 0.467 e. The number of methoxy groups -OCH3 is 1. The van der Waals surface area contributed by atoms with Crippen molar-refractivity contribution in [3.63, 3.8) is 0 Å². The first-order valence-corrected chi connectivity index (χ1v) is 22.7. The van der Waals surface area contributed by atoms with Crippen molar-refractivity contribution in [2.24, 2.45) is 17.3 Å². The number of benzene rings is 2. The molecule has 4 aromatic rings. The number of hydrogen-bond donors (Lipinski definition) is 2. The van der Waals surface area contributed by atoms with Crippen molar-refractivity contribution in [2.75, 3.05) is 40.9 Å². The van der Waals surface area contributed by atoms with E-state index < -0.39 is 11.5 Å². The van der Waals surface area contributed by atoms with Crippen LogP contribution in [0.1, 0.15) is 103 Å². The molecule has 13 heteroatoms. The van der Waals surface area contributed by atoms with Crippen LogP contribution in [0.2, 0.25) is 0 Å². The lowest BCUT2D eigenvalue weighted by Gasteiger charge is -2.34. The Hall–Kier alpha value is -5.11. The summed E-state index contributed by atoms with van der Waals surface area (Å²) in [7, 11) is 5.54. The SMILES string of the molecule is CCn1c(-c2cccnc2C(C)OC)c(CC(C)(C)COC=O)c2cc(-c3cc(CC(NC(=O)C(C4CCCC4)N(C)C)C(=O)N4CCCCN4)cc(OC(=O)C(C)C)c3)ccc21. The number of hydrazine groups is 1. The summed E-state index contributed by atoms with van der Waals surface area (Å²) in [5, 5.41) is 5.87. The number of amides is 2. The van der Waals surface area contributed by atoms with Gasteiger partial charge in [-0.25, -0.2) is 5.43 Å². The molecular formula is C50H68N6O7. The van der Waals surface area contributed by atoms with E-state index in [-0.39, 0.29) is 54.8 Å². The Balaban J connectivity index is 1.49. The molecule has 1 saturated heterocycles. The van der Waals surface area contributed by atoms with Gasteiger partial charge in [-0.15, -0.1) is 0 Å². The van der Waals surface area contributed by atoms with Gasteiger partial charge in [-0.05, 0) is 125 Å². The Morgan fingerprint density at radius 2 is 1.78 bits per heavy atom. The van der Waals surface area contributed by atoms with Gasteiger partial charge in [-0.2, -0.15) is 0 Å². The molecule has 2 N–H and O–H groups in total. The molecule has 3 atom stereocenters. The van der Waals surface area contributed by atoms with E-state index in [1.807, 2.05) is 50.2 Å². The summed E-state index contributed by atoms with van der Waals surface area (Å²) in [6.07, 6.45) is 8.25. The van der Waals surface area contributed by atoms with E-state index in [9.17, 15) is 19.2 Å². The van der Waals surface area contributed by atoms with Gasteiger partial charge in [0.25, 0.3) is 12.4 Å². The second kappa shape index (κ2) is 21.0. The van der Waals surface area contributed by atoms with Crippen molar-refractivity contribution in [3.05, 3.63) is 71.5 Å². The Bertz CT molecular complexity index is 2240. The molecule has 2 aliphatic rings. The molecule has 340 valence electrons. The number of fused-ring (bicyclic) bond motifs is 1. The number of aromatic nitrogens is 2. The molecule has 1 saturated carbocycles. The minimum atomic E-state index is -0.870. The van der Waals surface area contributed by atoms with E-state index in [2.05, 4.69) is 60.3 Å². The number of carbonyl (C=O) groups is 4. The molecule has 2 aromatic carbocycles. The third-order valence-corrected chi connectivity index (χ3v) is 12.6. The molecule has 13 nitrogen and oxygen atoms in total. The number of pyridine rings is 1. The van der Waals surface area contributed by atoms with Crippen molar-refractivity contribution in [1.29, 1.82) is 0 Å². The highest BCUT2D eigenvalue weighted by atomic mass is 16.5. The van der Waals surface area contributed by atoms with Crippen LogP contribution in [0.25, 0.3) is 33.3 Å². The maximum atomic E-state index is 14.4. The first-order valence-electron chi connectivity index (χ1n) is 22.7. The van der Waals surface area contributed by atoms with E-state index in [1.54, 1.807) is 32.2 Å². The van der Waals surface area contributed by atoms with Crippen molar-refractivity contribution in [2.45, 2.75) is 118 Å². The monoisotopic (exact) mass is 865 g/mol. The van der Waals surface area contributed by atoms with Crippen LogP contribution in [0.5, 0.6) is 5.75 Å². The van der Waals surface area contributed by atoms with Crippen molar-refractivity contribution in [1.82, 2.24) is 30.2 Å². The standard InChI is InChI=1S/C50H68N6O7/c1-10-55-43-20-19-36(28-40(43)41(29-50(5,6)30-62-31-57)46(55)39-18-15-21-51-44(39)33(4)61-9)37-24-34(25-38(27-37)63-49(60)32(2)3)26-42(48(59)56-23-14-13-22-52-56)53-47(58)45(54(7)8)35-16-11-12-17-35/h15,18-21,24-25,27-28,31-33,35,42,45,52H,10-14,16-17,22-23,26,29-30H2,1-9H3,(H,53,58). The maximum Gasteiger partial charge on any atom is 0.313 e. The summed E-state index contributed by atoms with van der Waals surface area (Å²) in [6.45, 7) is 14.5. The van der Waals surface area contributed by atoms with Crippen LogP contribution >= 0.6 is 0 Å². The predicted octanol–water partition coefficient (Wildman–Crippen LogP) is 7.68. The van der Waals surface area contributed by atoms with Gasteiger partial charge in [0, 0.05) is 61.2 Å². The fourth-order valence-corrected chi connectivity index (χ4v) is 9.40. The van der Waals surface area contributed by atoms with E-state index in [1.165, 1.54) is 0 Å². The Labute approximate surface area is 373 Å². The first-order chi connectivity index (χ1) is 30.2. The Morgan fingerprint density at radius 3 is 2.43 bits per heavy atom. The molecule has 6 rings (SSSR count). The number of hydrogen-bond acceptors (Lipinski definition) is 10. The average Bonchev–Trinajstić information content (AvgIpc) is 3.90. The van der Waals surface area contributed by atoms with Crippen LogP contribution in [-0.2, 0) is 48.0 Å². The molecule has 1 aliphatic heterocycles. The van der Waals surface area contributed by atoms with Gasteiger partial charge in [0.1, 0.15) is 11.8 Å². The van der Waals surface area contributed by atoms with Crippen LogP contribution < -0.4 is 15.5 Å². The molecular weight excluding hydrogens is 797 g/mol. The van der Waals surface area contributed by atoms with Crippen LogP contribution in [0, 0.1) is 17.3 Å². The second-order valence-corrected chi connectivity index (χ2v) is 18.6. The lowest BCUT2D eigenvalue weighted by molar-refractivity contribution is -0.141. The normalized spacial score (nSPS) is 16.3. The fraction of sp³-hybridized carbons (Fsp3) is 0.540. The van der Waals surface area contributed by atoms with Gasteiger partial charge in [-0.3, -0.25) is 34.1 Å². The summed E-state index contributed by atoms with van der Waals surface area (Å²) in [5.41, 5.74) is 10.1. The molecule has 1 aliphatic carbocycles. The van der Waals surface area contributed by atoms with E-state index in [0.29, 0.717) is 38.3 Å². The zero-order chi connectivity index (χ0) is 45.4. The van der Waals surface area contributed by atoms with Gasteiger partial charge in [0.15, 0.2) is 0 Å². The van der Waals surface area contributed by atoms with Gasteiger partial charge in [0.2, 0.25) is 5.91 Å². The Kier molecular flexibility index (Phi) is 15.8. The minimum Gasteiger partial charge on any atom is -0.467 e. The highest BCUT2D eigenvalue weighted by Crippen LogP contribution is 2.42. The van der Waals surface area contributed by atoms with Crippen LogP contribution in [0.15, 0.2) is 54.7 Å². The van der Waals surface area contributed by atoms with E-state index >= 15 is 0 Å². The predicted molar refractivity (Wildman–Crippen MR) is 246 cm³/mol. The molecule has 3 unspecified atom stereocenters. The molecule has 63 heavy (non-hydrogen) atoms. The molecule has 2 aromatic heterocycles. The van der Waals surface area contributed by atoms with E-state index in [4.69, 9.17) is 19.2 Å². The second-order valence-electron chi connectivity index (χ2n) is 18.6. The third kappa shape index (κ3) is 11.2. The molecule has 3 heterocycles. The number of esters is 1. The van der Waals surface area contributed by atoms with Gasteiger partial charge in [0.05, 0.1) is 36.1 Å². The number of ether oxygens (including phenoxy) is 3. The highest BCUT2D eigenvalue weighted by Gasteiger charge is 2.36. The summed E-state index contributed by atoms with van der Waals surface area (Å²) in [6, 6.07) is 14.9. The van der Waals surface area contributed by atoms with Crippen LogP contribution in [0.4, 0.5) is 0 Å². The number of likely N-dealkylation sites (N-methyl/N-ethyl adjacent to an activating group) is 1. The average molecular weight is 865 g/mol. The van der Waals surface area contributed by atoms with Gasteiger partial charge in [-0.1, -0.05) is 52.7 Å². The first kappa shape index (κ1) is 47.4. The Morgan fingerprint density at radius 1 is 1.02 bits per heavy atom. The zero-order valence-electron chi connectivity index (χ0n) is 38.8. The fourth-order valence-electron chi connectivity index (χ4n) is 9.40. The molecule has 0 bridgehead atoms. The van der Waals surface area contributed by atoms with Crippen molar-refractivity contribution in [3.8, 4) is 28.1 Å². The number of nitrogens with zero attached hydrogens (tertiary/aromatic N) is 4. The smallest absolute Gasteiger partial charge is 0.313 e. The number of rotatable bonds is 19. The maximum absolute atomic E-state index is 14.4. The molecule has 2 amide bonds. The number of carbonyl (C=O) groups excluding carboxylic acids is 4. The lowest BCUT2D eigenvalue weighted by Crippen LogP contribution is -2.58. The quantitative estimate of drug-likeness (QED) is 0.0548. The molecule has 0 radical (unpaired) electrons. The zero-order valence-corrected chi connectivity index (χ0v) is 38.8. The molecule has 2 fully saturated rings. The van der Waals surface area contributed by atoms with Crippen molar-refractivity contribution < 1.29 is 33.4 Å².